The van der Waals surface area contributed by atoms with Crippen LogP contribution in [0.5, 0.6) is 0 Å². The van der Waals surface area contributed by atoms with E-state index in [2.05, 4.69) is 20.5 Å². The van der Waals surface area contributed by atoms with Gasteiger partial charge in [0.05, 0.1) is 16.8 Å². The van der Waals surface area contributed by atoms with Gasteiger partial charge in [0, 0.05) is 6.54 Å². The second-order valence-corrected chi connectivity index (χ2v) is 4.38. The number of aromatic nitrogens is 3. The largest absolute Gasteiger partial charge is 0.329 e. The molecule has 1 atom stereocenters. The van der Waals surface area contributed by atoms with Gasteiger partial charge in [-0.25, -0.2) is 4.98 Å². The standard InChI is InChI=1S/C11H19N5O/c1-5-11(4,6-12)9(17)14-10-13-7(2)8(3)15-16-10/h5-6,12H2,1-4H3,(H,13,14,16,17). The summed E-state index contributed by atoms with van der Waals surface area (Å²) in [4.78, 5) is 16.1. The number of hydrogen-bond donors (Lipinski definition) is 2. The second-order valence-electron chi connectivity index (χ2n) is 4.38. The molecule has 3 N–H and O–H groups in total. The van der Waals surface area contributed by atoms with Crippen LogP contribution in [-0.2, 0) is 4.79 Å². The Labute approximate surface area is 101 Å². The van der Waals surface area contributed by atoms with Crippen LogP contribution in [0.3, 0.4) is 0 Å². The van der Waals surface area contributed by atoms with Gasteiger partial charge in [-0.15, -0.1) is 5.10 Å². The molecule has 0 saturated carbocycles. The molecule has 1 aromatic rings. The summed E-state index contributed by atoms with van der Waals surface area (Å²) in [6.45, 7) is 7.66. The Kier molecular flexibility index (Phi) is 4.11. The van der Waals surface area contributed by atoms with Gasteiger partial charge in [0.2, 0.25) is 11.9 Å². The highest BCUT2D eigenvalue weighted by Gasteiger charge is 2.30. The molecule has 94 valence electrons. The van der Waals surface area contributed by atoms with Crippen molar-refractivity contribution >= 4 is 11.9 Å². The van der Waals surface area contributed by atoms with Gasteiger partial charge in [-0.3, -0.25) is 10.1 Å². The monoisotopic (exact) mass is 237 g/mol. The smallest absolute Gasteiger partial charge is 0.249 e. The number of carbonyl (C=O) groups excluding carboxylic acids is 1. The van der Waals surface area contributed by atoms with E-state index < -0.39 is 5.41 Å². The zero-order valence-electron chi connectivity index (χ0n) is 10.7. The molecular weight excluding hydrogens is 218 g/mol. The van der Waals surface area contributed by atoms with E-state index in [1.165, 1.54) is 0 Å². The lowest BCUT2D eigenvalue weighted by atomic mass is 9.87. The molecule has 0 spiro atoms. The maximum atomic E-state index is 12.0. The summed E-state index contributed by atoms with van der Waals surface area (Å²) in [6.07, 6.45) is 0.660. The Hall–Kier alpha value is -1.56. The minimum absolute atomic E-state index is 0.174. The molecule has 17 heavy (non-hydrogen) atoms. The molecule has 6 nitrogen and oxygen atoms in total. The number of amides is 1. The van der Waals surface area contributed by atoms with Crippen LogP contribution in [0.2, 0.25) is 0 Å². The van der Waals surface area contributed by atoms with E-state index in [-0.39, 0.29) is 18.4 Å². The van der Waals surface area contributed by atoms with Crippen LogP contribution in [0.25, 0.3) is 0 Å². The lowest BCUT2D eigenvalue weighted by molar-refractivity contribution is -0.124. The second kappa shape index (κ2) is 5.18. The number of nitrogens with two attached hydrogens (primary N) is 1. The molecule has 0 aliphatic heterocycles. The van der Waals surface area contributed by atoms with Gasteiger partial charge in [-0.2, -0.15) is 5.10 Å². The van der Waals surface area contributed by atoms with Gasteiger partial charge in [-0.1, -0.05) is 6.92 Å². The fourth-order valence-electron chi connectivity index (χ4n) is 1.16. The molecule has 0 bridgehead atoms. The highest BCUT2D eigenvalue weighted by Crippen LogP contribution is 2.20. The first-order valence-electron chi connectivity index (χ1n) is 5.62. The van der Waals surface area contributed by atoms with E-state index in [1.807, 2.05) is 27.7 Å². The quantitative estimate of drug-likeness (QED) is 0.808. The molecular formula is C11H19N5O. The van der Waals surface area contributed by atoms with E-state index >= 15 is 0 Å². The Balaban J connectivity index is 2.84. The number of anilines is 1. The van der Waals surface area contributed by atoms with Crippen molar-refractivity contribution in [3.8, 4) is 0 Å². The van der Waals surface area contributed by atoms with Crippen molar-refractivity contribution < 1.29 is 4.79 Å². The molecule has 1 rings (SSSR count). The minimum atomic E-state index is -0.595. The third-order valence-electron chi connectivity index (χ3n) is 3.10. The van der Waals surface area contributed by atoms with Gasteiger partial charge < -0.3 is 5.73 Å². The normalized spacial score (nSPS) is 14.2. The molecule has 1 aromatic heterocycles. The highest BCUT2D eigenvalue weighted by atomic mass is 16.2. The van der Waals surface area contributed by atoms with Crippen LogP contribution in [0.15, 0.2) is 0 Å². The molecule has 0 radical (unpaired) electrons. The number of nitrogens with zero attached hydrogens (tertiary/aromatic N) is 3. The summed E-state index contributed by atoms with van der Waals surface area (Å²) in [5.74, 6) is 0.0544. The van der Waals surface area contributed by atoms with Crippen molar-refractivity contribution in [3.05, 3.63) is 11.4 Å². The number of nitrogens with one attached hydrogen (secondary N) is 1. The number of aryl methyl sites for hydroxylation is 2. The van der Waals surface area contributed by atoms with Gasteiger partial charge in [-0.05, 0) is 27.2 Å². The summed E-state index contributed by atoms with van der Waals surface area (Å²) >= 11 is 0. The van der Waals surface area contributed by atoms with E-state index in [9.17, 15) is 4.79 Å². The molecule has 1 unspecified atom stereocenters. The van der Waals surface area contributed by atoms with E-state index in [0.717, 1.165) is 11.4 Å². The Morgan fingerprint density at radius 2 is 2.00 bits per heavy atom. The van der Waals surface area contributed by atoms with Crippen LogP contribution in [0, 0.1) is 19.3 Å². The van der Waals surface area contributed by atoms with E-state index in [4.69, 9.17) is 5.73 Å². The summed E-state index contributed by atoms with van der Waals surface area (Å²) in [5, 5.41) is 10.4. The maximum Gasteiger partial charge on any atom is 0.249 e. The van der Waals surface area contributed by atoms with Crippen molar-refractivity contribution in [1.29, 1.82) is 0 Å². The Morgan fingerprint density at radius 3 is 2.47 bits per heavy atom. The van der Waals surface area contributed by atoms with Gasteiger partial charge >= 0.3 is 0 Å². The third-order valence-corrected chi connectivity index (χ3v) is 3.10. The average molecular weight is 237 g/mol. The average Bonchev–Trinajstić information content (AvgIpc) is 2.32. The van der Waals surface area contributed by atoms with E-state index in [0.29, 0.717) is 6.42 Å². The molecule has 0 fully saturated rings. The lowest BCUT2D eigenvalue weighted by Crippen LogP contribution is -2.39. The van der Waals surface area contributed by atoms with Crippen molar-refractivity contribution in [2.45, 2.75) is 34.1 Å². The van der Waals surface area contributed by atoms with Crippen LogP contribution in [0.4, 0.5) is 5.95 Å². The molecule has 1 amide bonds. The van der Waals surface area contributed by atoms with Gasteiger partial charge in [0.25, 0.3) is 0 Å². The summed E-state index contributed by atoms with van der Waals surface area (Å²) in [5.41, 5.74) is 6.51. The first kappa shape index (κ1) is 13.5. The van der Waals surface area contributed by atoms with Crippen LogP contribution in [0.1, 0.15) is 31.7 Å². The van der Waals surface area contributed by atoms with Crippen molar-refractivity contribution in [3.63, 3.8) is 0 Å². The van der Waals surface area contributed by atoms with Crippen molar-refractivity contribution in [2.24, 2.45) is 11.1 Å². The third kappa shape index (κ3) is 2.97. The van der Waals surface area contributed by atoms with Crippen LogP contribution < -0.4 is 11.1 Å². The van der Waals surface area contributed by atoms with Crippen molar-refractivity contribution in [2.75, 3.05) is 11.9 Å². The Morgan fingerprint density at radius 1 is 1.35 bits per heavy atom. The highest BCUT2D eigenvalue weighted by molar-refractivity contribution is 5.93. The van der Waals surface area contributed by atoms with Crippen LogP contribution in [-0.4, -0.2) is 27.6 Å². The zero-order valence-corrected chi connectivity index (χ0v) is 10.7. The molecule has 6 heteroatoms. The molecule has 0 saturated heterocycles. The molecule has 1 heterocycles. The molecule has 0 aromatic carbocycles. The van der Waals surface area contributed by atoms with Crippen LogP contribution >= 0.6 is 0 Å². The predicted molar refractivity (Wildman–Crippen MR) is 65.4 cm³/mol. The topological polar surface area (TPSA) is 93.8 Å². The summed E-state index contributed by atoms with van der Waals surface area (Å²) in [6, 6.07) is 0. The predicted octanol–water partition coefficient (Wildman–Crippen LogP) is 0.802. The summed E-state index contributed by atoms with van der Waals surface area (Å²) < 4.78 is 0. The first-order chi connectivity index (χ1) is 7.92. The fourth-order valence-corrected chi connectivity index (χ4v) is 1.16. The first-order valence-corrected chi connectivity index (χ1v) is 5.62. The minimum Gasteiger partial charge on any atom is -0.329 e. The SMILES string of the molecule is CCC(C)(CN)C(=O)Nc1nnc(C)c(C)n1. The number of carbonyl (C=O) groups is 1. The fraction of sp³-hybridized carbons (Fsp3) is 0.636. The van der Waals surface area contributed by atoms with Crippen molar-refractivity contribution in [1.82, 2.24) is 15.2 Å². The molecule has 0 aliphatic rings. The zero-order chi connectivity index (χ0) is 13.1. The number of rotatable bonds is 4. The Bertz CT molecular complexity index is 414. The lowest BCUT2D eigenvalue weighted by Gasteiger charge is -2.24. The number of hydrogen-bond acceptors (Lipinski definition) is 5. The molecule has 0 aliphatic carbocycles. The van der Waals surface area contributed by atoms with Gasteiger partial charge in [0.15, 0.2) is 0 Å². The maximum absolute atomic E-state index is 12.0. The summed E-state index contributed by atoms with van der Waals surface area (Å²) in [7, 11) is 0. The van der Waals surface area contributed by atoms with E-state index in [1.54, 1.807) is 0 Å². The van der Waals surface area contributed by atoms with Gasteiger partial charge in [0.1, 0.15) is 0 Å².